The third kappa shape index (κ3) is 2.83. The summed E-state index contributed by atoms with van der Waals surface area (Å²) < 4.78 is 18.0. The standard InChI is InChI=1S/C17H13FN2O4/c1-20-16(22)12-3-2-4-13(15(12)17(20)23)19-14(21)9-24-11-7-5-10(18)6-8-11/h2-8H,9H2,1H3,(H,19,21). The van der Waals surface area contributed by atoms with Gasteiger partial charge in [-0.15, -0.1) is 0 Å². The Kier molecular flexibility index (Phi) is 3.99. The molecule has 1 N–H and O–H groups in total. The quantitative estimate of drug-likeness (QED) is 0.872. The van der Waals surface area contributed by atoms with Gasteiger partial charge in [0.15, 0.2) is 6.61 Å². The van der Waals surface area contributed by atoms with E-state index in [0.717, 1.165) is 4.90 Å². The molecular weight excluding hydrogens is 315 g/mol. The number of rotatable bonds is 4. The molecule has 122 valence electrons. The smallest absolute Gasteiger partial charge is 0.263 e. The first-order valence-corrected chi connectivity index (χ1v) is 7.11. The molecule has 1 aliphatic heterocycles. The van der Waals surface area contributed by atoms with E-state index in [1.807, 2.05) is 0 Å². The van der Waals surface area contributed by atoms with Crippen molar-refractivity contribution in [2.75, 3.05) is 19.0 Å². The Morgan fingerprint density at radius 1 is 1.12 bits per heavy atom. The SMILES string of the molecule is CN1C(=O)c2cccc(NC(=O)COc3ccc(F)cc3)c2C1=O. The normalized spacial score (nSPS) is 13.0. The van der Waals surface area contributed by atoms with Gasteiger partial charge in [-0.3, -0.25) is 19.3 Å². The predicted octanol–water partition coefficient (Wildman–Crippen LogP) is 2.07. The number of nitrogens with zero attached hydrogens (tertiary/aromatic N) is 1. The second-order valence-corrected chi connectivity index (χ2v) is 5.19. The highest BCUT2D eigenvalue weighted by Gasteiger charge is 2.35. The number of halogens is 1. The second kappa shape index (κ2) is 6.11. The maximum absolute atomic E-state index is 12.8. The number of carbonyl (C=O) groups excluding carboxylic acids is 3. The van der Waals surface area contributed by atoms with Crippen molar-refractivity contribution in [3.05, 3.63) is 59.4 Å². The fraction of sp³-hybridized carbons (Fsp3) is 0.118. The summed E-state index contributed by atoms with van der Waals surface area (Å²) in [6.07, 6.45) is 0. The van der Waals surface area contributed by atoms with Crippen molar-refractivity contribution in [2.24, 2.45) is 0 Å². The average molecular weight is 328 g/mol. The van der Waals surface area contributed by atoms with Crippen LogP contribution in [0.4, 0.5) is 10.1 Å². The first-order valence-electron chi connectivity index (χ1n) is 7.11. The van der Waals surface area contributed by atoms with Crippen molar-refractivity contribution in [3.63, 3.8) is 0 Å². The monoisotopic (exact) mass is 328 g/mol. The van der Waals surface area contributed by atoms with Crippen molar-refractivity contribution in [1.29, 1.82) is 0 Å². The minimum absolute atomic E-state index is 0.167. The topological polar surface area (TPSA) is 75.7 Å². The Hall–Kier alpha value is -3.22. The molecule has 0 unspecified atom stereocenters. The highest BCUT2D eigenvalue weighted by Crippen LogP contribution is 2.28. The molecule has 6 nitrogen and oxygen atoms in total. The number of hydrogen-bond acceptors (Lipinski definition) is 4. The van der Waals surface area contributed by atoms with Crippen LogP contribution in [-0.2, 0) is 4.79 Å². The number of ether oxygens (including phenoxy) is 1. The molecule has 2 aromatic rings. The molecule has 0 saturated carbocycles. The molecule has 0 radical (unpaired) electrons. The van der Waals surface area contributed by atoms with E-state index in [2.05, 4.69) is 5.32 Å². The summed E-state index contributed by atoms with van der Waals surface area (Å²) in [7, 11) is 1.38. The van der Waals surface area contributed by atoms with E-state index < -0.39 is 23.5 Å². The maximum Gasteiger partial charge on any atom is 0.263 e. The zero-order chi connectivity index (χ0) is 17.3. The summed E-state index contributed by atoms with van der Waals surface area (Å²) in [4.78, 5) is 37.0. The van der Waals surface area contributed by atoms with Crippen molar-refractivity contribution >= 4 is 23.4 Å². The lowest BCUT2D eigenvalue weighted by atomic mass is 10.1. The van der Waals surface area contributed by atoms with E-state index in [0.29, 0.717) is 5.75 Å². The molecule has 0 fully saturated rings. The number of imide groups is 1. The van der Waals surface area contributed by atoms with Gasteiger partial charge in [-0.25, -0.2) is 4.39 Å². The van der Waals surface area contributed by atoms with Crippen LogP contribution in [0.15, 0.2) is 42.5 Å². The van der Waals surface area contributed by atoms with Gasteiger partial charge in [-0.2, -0.15) is 0 Å². The summed E-state index contributed by atoms with van der Waals surface area (Å²) in [5.74, 6) is -1.43. The molecule has 3 amide bonds. The van der Waals surface area contributed by atoms with E-state index >= 15 is 0 Å². The van der Waals surface area contributed by atoms with Crippen LogP contribution in [-0.4, -0.2) is 36.3 Å². The first-order chi connectivity index (χ1) is 11.5. The fourth-order valence-electron chi connectivity index (χ4n) is 2.37. The molecule has 7 heteroatoms. The maximum atomic E-state index is 12.8. The second-order valence-electron chi connectivity index (χ2n) is 5.19. The molecule has 2 aromatic carbocycles. The van der Waals surface area contributed by atoms with Crippen LogP contribution in [0.2, 0.25) is 0 Å². The molecule has 1 aliphatic rings. The molecular formula is C17H13FN2O4. The van der Waals surface area contributed by atoms with Gasteiger partial charge in [0.25, 0.3) is 17.7 Å². The van der Waals surface area contributed by atoms with E-state index in [1.165, 1.54) is 37.4 Å². The van der Waals surface area contributed by atoms with Gasteiger partial charge in [0.05, 0.1) is 16.8 Å². The van der Waals surface area contributed by atoms with Gasteiger partial charge in [0.1, 0.15) is 11.6 Å². The summed E-state index contributed by atoms with van der Waals surface area (Å²) in [5, 5.41) is 2.56. The lowest BCUT2D eigenvalue weighted by molar-refractivity contribution is -0.118. The first kappa shape index (κ1) is 15.7. The van der Waals surface area contributed by atoms with Crippen LogP contribution in [0.5, 0.6) is 5.75 Å². The molecule has 3 rings (SSSR count). The molecule has 0 aromatic heterocycles. The Morgan fingerprint density at radius 3 is 2.54 bits per heavy atom. The van der Waals surface area contributed by atoms with Crippen LogP contribution in [0.1, 0.15) is 20.7 Å². The number of nitrogens with one attached hydrogen (secondary N) is 1. The third-order valence-corrected chi connectivity index (χ3v) is 3.58. The van der Waals surface area contributed by atoms with Crippen LogP contribution in [0.25, 0.3) is 0 Å². The van der Waals surface area contributed by atoms with Gasteiger partial charge >= 0.3 is 0 Å². The summed E-state index contributed by atoms with van der Waals surface area (Å²) in [5.41, 5.74) is 0.669. The van der Waals surface area contributed by atoms with Crippen molar-refractivity contribution in [1.82, 2.24) is 4.90 Å². The highest BCUT2D eigenvalue weighted by atomic mass is 19.1. The van der Waals surface area contributed by atoms with Crippen LogP contribution in [0, 0.1) is 5.82 Å². The number of anilines is 1. The zero-order valence-corrected chi connectivity index (χ0v) is 12.7. The largest absolute Gasteiger partial charge is 0.484 e. The third-order valence-electron chi connectivity index (χ3n) is 3.58. The molecule has 0 bridgehead atoms. The zero-order valence-electron chi connectivity index (χ0n) is 12.7. The van der Waals surface area contributed by atoms with E-state index in [1.54, 1.807) is 12.1 Å². The Morgan fingerprint density at radius 2 is 1.83 bits per heavy atom. The highest BCUT2D eigenvalue weighted by molar-refractivity contribution is 6.24. The Labute approximate surface area is 136 Å². The number of carbonyl (C=O) groups is 3. The van der Waals surface area contributed by atoms with Crippen molar-refractivity contribution in [2.45, 2.75) is 0 Å². The number of benzene rings is 2. The van der Waals surface area contributed by atoms with Gasteiger partial charge in [-0.1, -0.05) is 6.07 Å². The number of hydrogen-bond donors (Lipinski definition) is 1. The van der Waals surface area contributed by atoms with E-state index in [4.69, 9.17) is 4.74 Å². The lowest BCUT2D eigenvalue weighted by Crippen LogP contribution is -2.25. The number of amides is 3. The summed E-state index contributed by atoms with van der Waals surface area (Å²) >= 11 is 0. The number of fused-ring (bicyclic) bond motifs is 1. The van der Waals surface area contributed by atoms with Gasteiger partial charge in [0.2, 0.25) is 0 Å². The van der Waals surface area contributed by atoms with Crippen LogP contribution < -0.4 is 10.1 Å². The molecule has 0 atom stereocenters. The minimum atomic E-state index is -0.498. The molecule has 0 spiro atoms. The predicted molar refractivity (Wildman–Crippen MR) is 83.4 cm³/mol. The van der Waals surface area contributed by atoms with Gasteiger partial charge in [-0.05, 0) is 36.4 Å². The van der Waals surface area contributed by atoms with Gasteiger partial charge < -0.3 is 10.1 Å². The fourth-order valence-corrected chi connectivity index (χ4v) is 2.37. The van der Waals surface area contributed by atoms with Crippen molar-refractivity contribution < 1.29 is 23.5 Å². The van der Waals surface area contributed by atoms with Crippen molar-refractivity contribution in [3.8, 4) is 5.75 Å². The summed E-state index contributed by atoms with van der Waals surface area (Å²) in [6, 6.07) is 9.90. The molecule has 0 saturated heterocycles. The Bertz CT molecular complexity index is 833. The van der Waals surface area contributed by atoms with Crippen LogP contribution >= 0.6 is 0 Å². The minimum Gasteiger partial charge on any atom is -0.484 e. The average Bonchev–Trinajstić information content (AvgIpc) is 2.80. The van der Waals surface area contributed by atoms with Crippen LogP contribution in [0.3, 0.4) is 0 Å². The molecule has 24 heavy (non-hydrogen) atoms. The van der Waals surface area contributed by atoms with E-state index in [-0.39, 0.29) is 23.4 Å². The molecule has 0 aliphatic carbocycles. The van der Waals surface area contributed by atoms with Gasteiger partial charge in [0, 0.05) is 7.05 Å². The summed E-state index contributed by atoms with van der Waals surface area (Å²) in [6.45, 7) is -0.312. The van der Waals surface area contributed by atoms with E-state index in [9.17, 15) is 18.8 Å². The molecule has 1 heterocycles. The lowest BCUT2D eigenvalue weighted by Gasteiger charge is -2.10. The Balaban J connectivity index is 1.71.